The Morgan fingerprint density at radius 2 is 1.41 bits per heavy atom. The molecule has 63 heavy (non-hydrogen) atoms. The summed E-state index contributed by atoms with van der Waals surface area (Å²) in [6.45, 7) is 7.83. The summed E-state index contributed by atoms with van der Waals surface area (Å²) in [5.41, 5.74) is 5.07. The first-order valence-corrected chi connectivity index (χ1v) is 26.8. The molecule has 2 heterocycles. The predicted octanol–water partition coefficient (Wildman–Crippen LogP) is 6.31. The Morgan fingerprint density at radius 3 is 2.02 bits per heavy atom. The maximum Gasteiger partial charge on any atom is 0.306 e. The fourth-order valence-corrected chi connectivity index (χ4v) is 11.7. The molecule has 2 aliphatic heterocycles. The van der Waals surface area contributed by atoms with Crippen LogP contribution in [0.3, 0.4) is 0 Å². The van der Waals surface area contributed by atoms with Crippen molar-refractivity contribution in [2.45, 2.75) is 106 Å². The Kier molecular flexibility index (Phi) is 13.6. The highest BCUT2D eigenvalue weighted by molar-refractivity contribution is 7.86. The summed E-state index contributed by atoms with van der Waals surface area (Å²) in [6, 6.07) is 8.31. The number of hydrogen-bond donors (Lipinski definition) is 4. The molecule has 20 heteroatoms. The SMILES string of the molecule is CC1(C)C(/C=C/C2=C(C3CCC(C(=O)O)CC3)C(=C/C=C3\N(CCCS(=O)(=O)O)c4ccc(S(=O)(=O)O)cc4C3(C)C)/CCC2)=[N+](CCCS(=O)(=O)O)c2ccc(S(=O)(=O)[O-])cc21. The highest BCUT2D eigenvalue weighted by Gasteiger charge is 2.45. The first-order valence-electron chi connectivity index (χ1n) is 20.7. The number of anilines is 1. The fraction of sp³-hybridized carbons (Fsp3) is 0.488. The number of aliphatic carboxylic acids is 1. The van der Waals surface area contributed by atoms with Gasteiger partial charge in [-0.1, -0.05) is 26.0 Å². The van der Waals surface area contributed by atoms with Gasteiger partial charge in [-0.15, -0.1) is 0 Å². The lowest BCUT2D eigenvalue weighted by atomic mass is 9.71. The minimum absolute atomic E-state index is 0.0170. The highest BCUT2D eigenvalue weighted by Crippen LogP contribution is 2.50. The van der Waals surface area contributed by atoms with E-state index in [4.69, 9.17) is 0 Å². The molecule has 0 bridgehead atoms. The average Bonchev–Trinajstić information content (AvgIpc) is 3.51. The highest BCUT2D eigenvalue weighted by atomic mass is 32.2. The molecule has 2 aromatic carbocycles. The van der Waals surface area contributed by atoms with Gasteiger partial charge in [0.2, 0.25) is 5.69 Å². The van der Waals surface area contributed by atoms with Gasteiger partial charge in [0.1, 0.15) is 16.7 Å². The molecule has 0 saturated heterocycles. The van der Waals surface area contributed by atoms with E-state index in [0.29, 0.717) is 72.4 Å². The molecule has 2 aliphatic carbocycles. The third-order valence-corrected chi connectivity index (χ3v) is 16.1. The standard InChI is InChI=1S/C43H54N2O14S4/c1-42(2)34-26-32(62(54,55)56)16-18-36(34)44(22-6-24-60(48,49)50)38(42)20-14-28-8-5-9-29(40(28)30-10-12-31(13-11-30)41(46)47)15-21-39-43(3,4)35-27-33(63(57,58)59)17-19-37(35)45(39)23-7-25-61(51,52)53/h14-21,26-27,30-31H,5-13,22-25H2,1-4H3,(H4-,46,47,48,49,50,51,52,53,54,55,56,57,58,59). The Morgan fingerprint density at radius 1 is 0.794 bits per heavy atom. The van der Waals surface area contributed by atoms with E-state index in [-0.39, 0.29) is 36.7 Å². The van der Waals surface area contributed by atoms with E-state index in [0.717, 1.165) is 23.1 Å². The molecule has 344 valence electrons. The van der Waals surface area contributed by atoms with Crippen LogP contribution in [-0.2, 0) is 56.1 Å². The topological polar surface area (TPSA) is 264 Å². The van der Waals surface area contributed by atoms with Crippen LogP contribution in [0.25, 0.3) is 0 Å². The minimum atomic E-state index is -4.80. The molecule has 0 radical (unpaired) electrons. The van der Waals surface area contributed by atoms with Crippen molar-refractivity contribution < 1.29 is 66.4 Å². The van der Waals surface area contributed by atoms with Gasteiger partial charge in [-0.05, 0) is 130 Å². The van der Waals surface area contributed by atoms with Gasteiger partial charge in [0.15, 0.2) is 5.71 Å². The number of fused-ring (bicyclic) bond motifs is 2. The smallest absolute Gasteiger partial charge is 0.306 e. The normalized spacial score (nSPS) is 23.0. The van der Waals surface area contributed by atoms with Crippen molar-refractivity contribution >= 4 is 63.5 Å². The second-order valence-electron chi connectivity index (χ2n) is 17.8. The van der Waals surface area contributed by atoms with Gasteiger partial charge in [-0.2, -0.15) is 29.8 Å². The largest absolute Gasteiger partial charge is 0.744 e. The lowest BCUT2D eigenvalue weighted by Gasteiger charge is -2.33. The molecule has 16 nitrogen and oxygen atoms in total. The van der Waals surface area contributed by atoms with Crippen molar-refractivity contribution in [1.82, 2.24) is 0 Å². The van der Waals surface area contributed by atoms with Gasteiger partial charge in [0.05, 0.1) is 32.6 Å². The Hall–Kier alpha value is -4.02. The maximum absolute atomic E-state index is 12.2. The molecular weight excluding hydrogens is 897 g/mol. The molecule has 4 aliphatic rings. The molecule has 0 amide bonds. The van der Waals surface area contributed by atoms with Crippen LogP contribution >= 0.6 is 0 Å². The van der Waals surface area contributed by atoms with Crippen LogP contribution in [0, 0.1) is 11.8 Å². The van der Waals surface area contributed by atoms with Crippen LogP contribution in [0.4, 0.5) is 11.4 Å². The van der Waals surface area contributed by atoms with E-state index in [1.54, 1.807) is 6.07 Å². The second-order valence-corrected chi connectivity index (χ2v) is 23.7. The van der Waals surface area contributed by atoms with Crippen molar-refractivity contribution in [3.63, 3.8) is 0 Å². The van der Waals surface area contributed by atoms with Crippen molar-refractivity contribution in [3.05, 3.63) is 94.2 Å². The van der Waals surface area contributed by atoms with E-state index >= 15 is 0 Å². The summed E-state index contributed by atoms with van der Waals surface area (Å²) in [7, 11) is -17.9. The van der Waals surface area contributed by atoms with Gasteiger partial charge in [0.25, 0.3) is 30.4 Å². The van der Waals surface area contributed by atoms with Crippen molar-refractivity contribution in [3.8, 4) is 0 Å². The van der Waals surface area contributed by atoms with E-state index in [9.17, 15) is 61.8 Å². The number of allylic oxidation sites excluding steroid dienone is 8. The van der Waals surface area contributed by atoms with Gasteiger partial charge < -0.3 is 14.6 Å². The Balaban J connectivity index is 1.48. The summed E-state index contributed by atoms with van der Waals surface area (Å²) >= 11 is 0. The van der Waals surface area contributed by atoms with Crippen LogP contribution in [0.1, 0.15) is 96.6 Å². The zero-order chi connectivity index (χ0) is 46.5. The van der Waals surface area contributed by atoms with E-state index in [2.05, 4.69) is 0 Å². The summed E-state index contributed by atoms with van der Waals surface area (Å²) in [5.74, 6) is -2.36. The first kappa shape index (κ1) is 48.4. The molecular formula is C43H54N2O14S4. The van der Waals surface area contributed by atoms with Crippen molar-refractivity contribution in [2.24, 2.45) is 11.8 Å². The lowest BCUT2D eigenvalue weighted by molar-refractivity contribution is -0.437. The van der Waals surface area contributed by atoms with Crippen LogP contribution in [0.5, 0.6) is 0 Å². The lowest BCUT2D eigenvalue weighted by Crippen LogP contribution is -2.28. The summed E-state index contributed by atoms with van der Waals surface area (Å²) in [6.07, 6.45) is 12.2. The quantitative estimate of drug-likeness (QED) is 0.113. The number of carbonyl (C=O) groups is 1. The third-order valence-electron chi connectivity index (χ3n) is 12.8. The molecule has 0 spiro atoms. The Bertz CT molecular complexity index is 2810. The van der Waals surface area contributed by atoms with Gasteiger partial charge >= 0.3 is 5.97 Å². The fourth-order valence-electron chi connectivity index (χ4n) is 9.72. The van der Waals surface area contributed by atoms with E-state index in [1.165, 1.54) is 30.3 Å². The monoisotopic (exact) mass is 950 g/mol. The Labute approximate surface area is 369 Å². The number of carboxylic acids is 1. The van der Waals surface area contributed by atoms with Gasteiger partial charge in [-0.25, -0.2) is 8.42 Å². The number of hydrogen-bond acceptors (Lipinski definition) is 11. The second kappa shape index (κ2) is 17.8. The zero-order valence-electron chi connectivity index (χ0n) is 35.5. The van der Waals surface area contributed by atoms with Crippen LogP contribution in [-0.4, -0.2) is 97.8 Å². The van der Waals surface area contributed by atoms with Crippen LogP contribution < -0.4 is 4.90 Å². The molecule has 1 saturated carbocycles. The number of benzene rings is 2. The van der Waals surface area contributed by atoms with E-state index in [1.807, 2.05) is 61.5 Å². The number of rotatable bonds is 15. The third kappa shape index (κ3) is 10.8. The summed E-state index contributed by atoms with van der Waals surface area (Å²) < 4.78 is 138. The van der Waals surface area contributed by atoms with Crippen molar-refractivity contribution in [2.75, 3.05) is 29.5 Å². The maximum atomic E-state index is 12.2. The predicted molar refractivity (Wildman–Crippen MR) is 235 cm³/mol. The molecule has 1 fully saturated rings. The number of carboxylic acid groups (broad SMARTS) is 1. The van der Waals surface area contributed by atoms with Gasteiger partial charge in [0, 0.05) is 47.5 Å². The van der Waals surface area contributed by atoms with Crippen LogP contribution in [0.15, 0.2) is 92.9 Å². The first-order chi connectivity index (χ1) is 29.1. The minimum Gasteiger partial charge on any atom is -0.744 e. The molecule has 6 rings (SSSR count). The van der Waals surface area contributed by atoms with E-state index < -0.39 is 79.6 Å². The molecule has 0 atom stereocenters. The molecule has 4 N–H and O–H groups in total. The zero-order valence-corrected chi connectivity index (χ0v) is 38.8. The molecule has 0 unspecified atom stereocenters. The average molecular weight is 951 g/mol. The molecule has 2 aromatic rings. The summed E-state index contributed by atoms with van der Waals surface area (Å²) in [4.78, 5) is 13.2. The number of nitrogens with zero attached hydrogens (tertiary/aromatic N) is 2. The van der Waals surface area contributed by atoms with Crippen molar-refractivity contribution in [1.29, 1.82) is 0 Å². The van der Waals surface area contributed by atoms with Crippen LogP contribution in [0.2, 0.25) is 0 Å². The van der Waals surface area contributed by atoms with Gasteiger partial charge in [-0.3, -0.25) is 18.5 Å². The summed E-state index contributed by atoms with van der Waals surface area (Å²) in [5, 5.41) is 9.84. The molecule has 0 aromatic heterocycles.